The molecule has 1 heterocycles. The molecule has 0 aliphatic rings. The normalized spacial score (nSPS) is 12.0. The summed E-state index contributed by atoms with van der Waals surface area (Å²) < 4.78 is 0. The van der Waals surface area contributed by atoms with Gasteiger partial charge in [-0.2, -0.15) is 0 Å². The highest BCUT2D eigenvalue weighted by molar-refractivity contribution is 5.92. The van der Waals surface area contributed by atoms with Gasteiger partial charge in [0.05, 0.1) is 23.6 Å². The topological polar surface area (TPSA) is 95.1 Å². The van der Waals surface area contributed by atoms with Gasteiger partial charge in [0.2, 0.25) is 0 Å². The van der Waals surface area contributed by atoms with E-state index >= 15 is 0 Å². The number of para-hydroxylation sites is 1. The Morgan fingerprint density at radius 3 is 2.58 bits per heavy atom. The Labute approximate surface area is 138 Å². The van der Waals surface area contributed by atoms with E-state index in [1.165, 1.54) is 0 Å². The quantitative estimate of drug-likeness (QED) is 0.659. The van der Waals surface area contributed by atoms with Gasteiger partial charge in [0.1, 0.15) is 0 Å². The molecule has 3 aromatic rings. The summed E-state index contributed by atoms with van der Waals surface area (Å²) in [5.74, 6) is -0.585. The number of hydrogen-bond acceptors (Lipinski definition) is 4. The van der Waals surface area contributed by atoms with Crippen LogP contribution in [0.25, 0.3) is 10.9 Å². The van der Waals surface area contributed by atoms with Crippen molar-refractivity contribution in [3.05, 3.63) is 76.3 Å². The molecule has 6 heteroatoms. The first-order valence-corrected chi connectivity index (χ1v) is 7.62. The van der Waals surface area contributed by atoms with E-state index in [2.05, 4.69) is 15.3 Å². The number of hydrogen-bond donors (Lipinski definition) is 3. The molecule has 0 fully saturated rings. The molecule has 6 nitrogen and oxygen atoms in total. The molecule has 0 spiro atoms. The van der Waals surface area contributed by atoms with E-state index in [4.69, 9.17) is 0 Å². The third-order valence-corrected chi connectivity index (χ3v) is 3.71. The van der Waals surface area contributed by atoms with Crippen molar-refractivity contribution in [2.24, 2.45) is 0 Å². The summed E-state index contributed by atoms with van der Waals surface area (Å²) in [6.45, 7) is -0.210. The SMILES string of the molecule is O=C(N[C@@H](CO)Cc1ccccc1)c1nc2ccccc2c(=O)[nH]1. The Hall–Kier alpha value is -2.99. The molecule has 0 aliphatic heterocycles. The number of nitrogens with zero attached hydrogens (tertiary/aromatic N) is 1. The fourth-order valence-corrected chi connectivity index (χ4v) is 2.51. The molecule has 1 amide bonds. The number of aliphatic hydroxyl groups is 1. The van der Waals surface area contributed by atoms with Crippen molar-refractivity contribution in [3.63, 3.8) is 0 Å². The fraction of sp³-hybridized carbons (Fsp3) is 0.167. The van der Waals surface area contributed by atoms with Gasteiger partial charge in [-0.3, -0.25) is 9.59 Å². The summed E-state index contributed by atoms with van der Waals surface area (Å²) in [5, 5.41) is 12.6. The van der Waals surface area contributed by atoms with Crippen molar-refractivity contribution >= 4 is 16.8 Å². The van der Waals surface area contributed by atoms with Gasteiger partial charge in [-0.15, -0.1) is 0 Å². The molecule has 0 radical (unpaired) electrons. The monoisotopic (exact) mass is 323 g/mol. The number of carbonyl (C=O) groups excluding carboxylic acids is 1. The maximum Gasteiger partial charge on any atom is 0.287 e. The molecule has 3 N–H and O–H groups in total. The fourth-order valence-electron chi connectivity index (χ4n) is 2.51. The van der Waals surface area contributed by atoms with Crippen molar-refractivity contribution in [1.82, 2.24) is 15.3 Å². The third kappa shape index (κ3) is 3.49. The number of aromatic amines is 1. The molecule has 122 valence electrons. The van der Waals surface area contributed by atoms with Crippen LogP contribution in [0.15, 0.2) is 59.4 Å². The first kappa shape index (κ1) is 15.9. The zero-order valence-corrected chi connectivity index (χ0v) is 12.9. The molecule has 1 atom stereocenters. The van der Waals surface area contributed by atoms with Crippen LogP contribution in [-0.4, -0.2) is 33.6 Å². The number of carbonyl (C=O) groups is 1. The molecule has 3 rings (SSSR count). The number of rotatable bonds is 5. The summed E-state index contributed by atoms with van der Waals surface area (Å²) in [7, 11) is 0. The lowest BCUT2D eigenvalue weighted by atomic mass is 10.1. The average Bonchev–Trinajstić information content (AvgIpc) is 2.62. The first-order chi connectivity index (χ1) is 11.7. The van der Waals surface area contributed by atoms with E-state index in [-0.39, 0.29) is 18.0 Å². The number of H-pyrrole nitrogens is 1. The molecular formula is C18H17N3O3. The Morgan fingerprint density at radius 1 is 1.12 bits per heavy atom. The molecule has 0 unspecified atom stereocenters. The Kier molecular flexibility index (Phi) is 4.67. The maximum absolute atomic E-state index is 12.3. The highest BCUT2D eigenvalue weighted by Crippen LogP contribution is 2.07. The minimum absolute atomic E-state index is 0.0646. The Morgan fingerprint density at radius 2 is 1.83 bits per heavy atom. The van der Waals surface area contributed by atoms with Gasteiger partial charge in [0.15, 0.2) is 5.82 Å². The number of benzene rings is 2. The largest absolute Gasteiger partial charge is 0.394 e. The first-order valence-electron chi connectivity index (χ1n) is 7.62. The standard InChI is InChI=1S/C18H17N3O3/c22-11-13(10-12-6-2-1-3-7-12)19-18(24)16-20-15-9-5-4-8-14(15)17(23)21-16/h1-9,13,22H,10-11H2,(H,19,24)(H,20,21,23)/t13-/m1/s1. The predicted molar refractivity (Wildman–Crippen MR) is 90.8 cm³/mol. The number of aliphatic hydroxyl groups excluding tert-OH is 1. The van der Waals surface area contributed by atoms with Crippen molar-refractivity contribution in [2.75, 3.05) is 6.61 Å². The van der Waals surface area contributed by atoms with Crippen molar-refractivity contribution in [3.8, 4) is 0 Å². The van der Waals surface area contributed by atoms with Gasteiger partial charge in [0, 0.05) is 0 Å². The number of amides is 1. The molecule has 0 saturated heterocycles. The van der Waals surface area contributed by atoms with Crippen LogP contribution in [0.5, 0.6) is 0 Å². The maximum atomic E-state index is 12.3. The van der Waals surface area contributed by atoms with Crippen LogP contribution in [0.4, 0.5) is 0 Å². The van der Waals surface area contributed by atoms with Gasteiger partial charge >= 0.3 is 0 Å². The zero-order valence-electron chi connectivity index (χ0n) is 12.9. The van der Waals surface area contributed by atoms with Crippen LogP contribution in [0.1, 0.15) is 16.2 Å². The summed E-state index contributed by atoms with van der Waals surface area (Å²) in [6, 6.07) is 15.9. The average molecular weight is 323 g/mol. The number of aromatic nitrogens is 2. The smallest absolute Gasteiger partial charge is 0.287 e. The molecule has 24 heavy (non-hydrogen) atoms. The van der Waals surface area contributed by atoms with E-state index in [0.717, 1.165) is 5.56 Å². The predicted octanol–water partition coefficient (Wildman–Crippen LogP) is 1.26. The molecule has 1 aromatic heterocycles. The van der Waals surface area contributed by atoms with E-state index < -0.39 is 11.9 Å². The third-order valence-electron chi connectivity index (χ3n) is 3.71. The van der Waals surface area contributed by atoms with Gasteiger partial charge in [-0.05, 0) is 24.1 Å². The molecule has 2 aromatic carbocycles. The van der Waals surface area contributed by atoms with E-state index in [9.17, 15) is 14.7 Å². The lowest BCUT2D eigenvalue weighted by Gasteiger charge is -2.16. The van der Waals surface area contributed by atoms with Gasteiger partial charge in [-0.1, -0.05) is 42.5 Å². The summed E-state index contributed by atoms with van der Waals surface area (Å²) in [6.07, 6.45) is 0.487. The number of nitrogens with one attached hydrogen (secondary N) is 2. The Balaban J connectivity index is 1.79. The Bertz CT molecular complexity index is 906. The van der Waals surface area contributed by atoms with Crippen molar-refractivity contribution in [2.45, 2.75) is 12.5 Å². The highest BCUT2D eigenvalue weighted by atomic mass is 16.3. The van der Waals surface area contributed by atoms with Crippen molar-refractivity contribution in [1.29, 1.82) is 0 Å². The lowest BCUT2D eigenvalue weighted by Crippen LogP contribution is -2.40. The van der Waals surface area contributed by atoms with E-state index in [0.29, 0.717) is 17.3 Å². The molecule has 0 bridgehead atoms. The highest BCUT2D eigenvalue weighted by Gasteiger charge is 2.16. The second-order valence-electron chi connectivity index (χ2n) is 5.47. The molecular weight excluding hydrogens is 306 g/mol. The van der Waals surface area contributed by atoms with E-state index in [1.807, 2.05) is 30.3 Å². The van der Waals surface area contributed by atoms with Gasteiger partial charge in [0.25, 0.3) is 11.5 Å². The second kappa shape index (κ2) is 7.06. The van der Waals surface area contributed by atoms with Crippen LogP contribution in [0.3, 0.4) is 0 Å². The van der Waals surface area contributed by atoms with Crippen molar-refractivity contribution < 1.29 is 9.90 Å². The van der Waals surface area contributed by atoms with Crippen LogP contribution in [-0.2, 0) is 6.42 Å². The van der Waals surface area contributed by atoms with Gasteiger partial charge < -0.3 is 15.4 Å². The van der Waals surface area contributed by atoms with Crippen LogP contribution in [0, 0.1) is 0 Å². The summed E-state index contributed by atoms with van der Waals surface area (Å²) >= 11 is 0. The summed E-state index contributed by atoms with van der Waals surface area (Å²) in [5.41, 5.74) is 1.08. The second-order valence-corrected chi connectivity index (χ2v) is 5.47. The zero-order chi connectivity index (χ0) is 16.9. The minimum Gasteiger partial charge on any atom is -0.394 e. The van der Waals surface area contributed by atoms with Crippen LogP contribution < -0.4 is 10.9 Å². The van der Waals surface area contributed by atoms with E-state index in [1.54, 1.807) is 24.3 Å². The van der Waals surface area contributed by atoms with Crippen LogP contribution in [0.2, 0.25) is 0 Å². The van der Waals surface area contributed by atoms with Crippen LogP contribution >= 0.6 is 0 Å². The minimum atomic E-state index is -0.521. The lowest BCUT2D eigenvalue weighted by molar-refractivity contribution is 0.0906. The molecule has 0 saturated carbocycles. The summed E-state index contributed by atoms with van der Waals surface area (Å²) in [4.78, 5) is 31.0. The number of fused-ring (bicyclic) bond motifs is 1. The van der Waals surface area contributed by atoms with Gasteiger partial charge in [-0.25, -0.2) is 4.98 Å². The molecule has 0 aliphatic carbocycles.